The molecular formula is C27H71N3O3. The van der Waals surface area contributed by atoms with Crippen LogP contribution in [0.15, 0.2) is 0 Å². The van der Waals surface area contributed by atoms with Gasteiger partial charge < -0.3 is 10.5 Å². The van der Waals surface area contributed by atoms with Crippen molar-refractivity contribution in [1.29, 1.82) is 0 Å². The van der Waals surface area contributed by atoms with Gasteiger partial charge in [-0.25, -0.2) is 0 Å². The predicted octanol–water partition coefficient (Wildman–Crippen LogP) is 9.18. The van der Waals surface area contributed by atoms with Gasteiger partial charge in [0.1, 0.15) is 0 Å². The highest BCUT2D eigenvalue weighted by Crippen LogP contribution is 2.08. The van der Waals surface area contributed by atoms with Crippen molar-refractivity contribution in [1.82, 2.24) is 10.4 Å². The molecule has 6 nitrogen and oxygen atoms in total. The van der Waals surface area contributed by atoms with E-state index in [4.69, 9.17) is 5.21 Å². The average molecular weight is 486 g/mol. The molecule has 0 atom stereocenters. The fourth-order valence-electron chi connectivity index (χ4n) is 0. The van der Waals surface area contributed by atoms with Gasteiger partial charge in [-0.15, -0.1) is 0 Å². The van der Waals surface area contributed by atoms with Crippen LogP contribution < -0.4 is 5.32 Å². The Morgan fingerprint density at radius 3 is 0.758 bits per heavy atom. The van der Waals surface area contributed by atoms with Gasteiger partial charge in [-0.05, 0) is 59.4 Å². The monoisotopic (exact) mass is 486 g/mol. The van der Waals surface area contributed by atoms with E-state index in [2.05, 4.69) is 81.5 Å². The summed E-state index contributed by atoms with van der Waals surface area (Å²) in [4.78, 5) is 9.51. The zero-order chi connectivity index (χ0) is 26.4. The lowest BCUT2D eigenvalue weighted by Crippen LogP contribution is -2.34. The highest BCUT2D eigenvalue weighted by atomic mass is 16.6. The van der Waals surface area contributed by atoms with Crippen molar-refractivity contribution in [3.63, 3.8) is 0 Å². The average Bonchev–Trinajstić information content (AvgIpc) is 2.32. The third kappa shape index (κ3) is 132. The summed E-state index contributed by atoms with van der Waals surface area (Å²) in [6, 6.07) is 0. The van der Waals surface area contributed by atoms with Crippen LogP contribution in [0.4, 0.5) is 0 Å². The molecule has 0 aromatic heterocycles. The standard InChI is InChI=1S/C5H13NO.C5H13N.2C5H12.C4H9NO2.3CH4/c1-5(2,3)6(4)7;1-5(2,3)6-4;2*1-5(2,3)4;1-4(2,3)5(6)7;;;/h7H,1-4H3;6H,1-4H3;2*1-4H3;1-3H3;3*1H4. The minimum Gasteiger partial charge on any atom is -0.315 e. The molecule has 0 aliphatic rings. The Kier molecular flexibility index (Phi) is 35.4. The van der Waals surface area contributed by atoms with E-state index in [0.717, 1.165) is 0 Å². The van der Waals surface area contributed by atoms with Gasteiger partial charge in [-0.3, -0.25) is 10.1 Å². The minimum atomic E-state index is -0.778. The molecule has 0 rings (SSSR count). The first-order valence-corrected chi connectivity index (χ1v) is 10.7. The van der Waals surface area contributed by atoms with Gasteiger partial charge >= 0.3 is 0 Å². The van der Waals surface area contributed by atoms with Crippen molar-refractivity contribution in [2.24, 2.45) is 10.8 Å². The summed E-state index contributed by atoms with van der Waals surface area (Å²) >= 11 is 0. The molecule has 0 heterocycles. The maximum atomic E-state index is 9.83. The molecule has 33 heavy (non-hydrogen) atoms. The Labute approximate surface area is 212 Å². The fraction of sp³-hybridized carbons (Fsp3) is 1.00. The van der Waals surface area contributed by atoms with E-state index in [1.165, 1.54) is 5.06 Å². The van der Waals surface area contributed by atoms with Crippen LogP contribution in [0.2, 0.25) is 0 Å². The van der Waals surface area contributed by atoms with E-state index >= 15 is 0 Å². The van der Waals surface area contributed by atoms with Crippen LogP contribution in [0.3, 0.4) is 0 Å². The first-order valence-electron chi connectivity index (χ1n) is 10.7. The summed E-state index contributed by atoms with van der Waals surface area (Å²) in [5, 5.41) is 22.8. The Hall–Kier alpha value is -0.720. The topological polar surface area (TPSA) is 78.6 Å². The maximum Gasteiger partial charge on any atom is 0.214 e. The second-order valence-electron chi connectivity index (χ2n) is 13.6. The second-order valence-corrected chi connectivity index (χ2v) is 13.6. The third-order valence-corrected chi connectivity index (χ3v) is 2.27. The zero-order valence-corrected chi connectivity index (χ0v) is 24.2. The first kappa shape index (κ1) is 53.6. The summed E-state index contributed by atoms with van der Waals surface area (Å²) < 4.78 is 0. The molecule has 0 spiro atoms. The molecule has 0 unspecified atom stereocenters. The van der Waals surface area contributed by atoms with E-state index in [9.17, 15) is 10.1 Å². The number of hydrogen-bond donors (Lipinski definition) is 2. The Bertz CT molecular complexity index is 377. The molecule has 0 bridgehead atoms. The molecule has 0 saturated carbocycles. The first-order chi connectivity index (χ1) is 12.4. The summed E-state index contributed by atoms with van der Waals surface area (Å²) in [5.41, 5.74) is 0.403. The summed E-state index contributed by atoms with van der Waals surface area (Å²) in [5.74, 6) is 0. The van der Waals surface area contributed by atoms with Gasteiger partial charge in [0.2, 0.25) is 5.54 Å². The third-order valence-electron chi connectivity index (χ3n) is 2.27. The van der Waals surface area contributed by atoms with Crippen LogP contribution in [0.1, 0.15) is 140 Å². The van der Waals surface area contributed by atoms with E-state index in [1.807, 2.05) is 27.8 Å². The number of rotatable bonds is 0. The lowest BCUT2D eigenvalue weighted by Gasteiger charge is -2.24. The Morgan fingerprint density at radius 2 is 0.758 bits per heavy atom. The molecule has 0 aliphatic carbocycles. The molecule has 0 aromatic rings. The number of nitrogens with zero attached hydrogens (tertiary/aromatic N) is 2. The van der Waals surface area contributed by atoms with Gasteiger partial charge in [-0.2, -0.15) is 5.06 Å². The molecule has 0 saturated heterocycles. The van der Waals surface area contributed by atoms with Gasteiger partial charge in [0.15, 0.2) is 0 Å². The second kappa shape index (κ2) is 21.8. The fourth-order valence-corrected chi connectivity index (χ4v) is 0. The molecular weight excluding hydrogens is 414 g/mol. The number of nitro groups is 1. The smallest absolute Gasteiger partial charge is 0.214 e. The molecule has 0 aliphatic heterocycles. The van der Waals surface area contributed by atoms with Crippen LogP contribution in [-0.4, -0.2) is 45.9 Å². The van der Waals surface area contributed by atoms with Crippen molar-refractivity contribution in [2.45, 2.75) is 157 Å². The van der Waals surface area contributed by atoms with Crippen LogP contribution in [-0.2, 0) is 0 Å². The zero-order valence-electron chi connectivity index (χ0n) is 24.2. The van der Waals surface area contributed by atoms with Crippen LogP contribution >= 0.6 is 0 Å². The minimum absolute atomic E-state index is 0. The van der Waals surface area contributed by atoms with Crippen LogP contribution in [0.5, 0.6) is 0 Å². The molecule has 0 amide bonds. The molecule has 0 fully saturated rings. The normalized spacial score (nSPS) is 10.9. The van der Waals surface area contributed by atoms with Crippen molar-refractivity contribution < 1.29 is 10.1 Å². The number of nitrogens with one attached hydrogen (secondary N) is 1. The lowest BCUT2D eigenvalue weighted by molar-refractivity contribution is -0.555. The Balaban J connectivity index is -0.0000000389. The van der Waals surface area contributed by atoms with Crippen LogP contribution in [0.25, 0.3) is 0 Å². The van der Waals surface area contributed by atoms with E-state index < -0.39 is 5.54 Å². The molecule has 0 aromatic carbocycles. The van der Waals surface area contributed by atoms with Gasteiger partial charge in [0.25, 0.3) is 0 Å². The highest BCUT2D eigenvalue weighted by molar-refractivity contribution is 4.65. The molecule has 2 N–H and O–H groups in total. The molecule has 6 heteroatoms. The van der Waals surface area contributed by atoms with Crippen molar-refractivity contribution in [3.8, 4) is 0 Å². The van der Waals surface area contributed by atoms with Crippen LogP contribution in [0, 0.1) is 20.9 Å². The number of hydroxylamine groups is 2. The quantitative estimate of drug-likeness (QED) is 0.264. The molecule has 0 radical (unpaired) electrons. The predicted molar refractivity (Wildman–Crippen MR) is 155 cm³/mol. The Morgan fingerprint density at radius 1 is 0.667 bits per heavy atom. The highest BCUT2D eigenvalue weighted by Gasteiger charge is 2.21. The van der Waals surface area contributed by atoms with Crippen molar-refractivity contribution in [2.75, 3.05) is 14.1 Å². The van der Waals surface area contributed by atoms with Gasteiger partial charge in [-0.1, -0.05) is 77.7 Å². The van der Waals surface area contributed by atoms with Gasteiger partial charge in [0.05, 0.1) is 0 Å². The summed E-state index contributed by atoms with van der Waals surface area (Å²) in [7, 11) is 3.60. The molecule has 212 valence electrons. The summed E-state index contributed by atoms with van der Waals surface area (Å²) in [6.07, 6.45) is 0. The maximum absolute atomic E-state index is 9.83. The number of hydrogen-bond acceptors (Lipinski definition) is 5. The SMILES string of the molecule is C.C.C.CC(C)(C)C.CC(C)(C)C.CC(C)(C)[N+](=O)[O-].CN(O)C(C)(C)C.CNC(C)(C)C. The van der Waals surface area contributed by atoms with E-state index in [1.54, 1.807) is 27.8 Å². The lowest BCUT2D eigenvalue weighted by atomic mass is 10.0. The largest absolute Gasteiger partial charge is 0.315 e. The van der Waals surface area contributed by atoms with E-state index in [-0.39, 0.29) is 32.7 Å². The van der Waals surface area contributed by atoms with Crippen molar-refractivity contribution in [3.05, 3.63) is 10.1 Å². The van der Waals surface area contributed by atoms with Crippen molar-refractivity contribution >= 4 is 0 Å². The van der Waals surface area contributed by atoms with E-state index in [0.29, 0.717) is 16.4 Å². The van der Waals surface area contributed by atoms with Gasteiger partial charge in [0, 0.05) is 43.8 Å². The summed E-state index contributed by atoms with van der Waals surface area (Å²) in [6.45, 7) is 34.4.